The van der Waals surface area contributed by atoms with Gasteiger partial charge in [0, 0.05) is 17.7 Å². The lowest BCUT2D eigenvalue weighted by Crippen LogP contribution is -2.26. The number of benzene rings is 2. The number of thiophene rings is 1. The average Bonchev–Trinajstić information content (AvgIpc) is 3.43. The van der Waals surface area contributed by atoms with E-state index in [1.807, 2.05) is 5.38 Å². The SMILES string of the molecule is COc1cccc(C2CC(c3cccc(NS(C)(=O)=O)c3)=NN2C(=O)c2cccs2)c1O. The highest BCUT2D eigenvalue weighted by Crippen LogP contribution is 2.42. The van der Waals surface area contributed by atoms with E-state index in [1.54, 1.807) is 54.6 Å². The second-order valence-electron chi connectivity index (χ2n) is 7.25. The molecule has 166 valence electrons. The Morgan fingerprint density at radius 3 is 2.69 bits per heavy atom. The Bertz CT molecular complexity index is 1290. The number of hydrazone groups is 1. The van der Waals surface area contributed by atoms with Gasteiger partial charge in [-0.2, -0.15) is 5.10 Å². The molecular formula is C22H21N3O5S2. The van der Waals surface area contributed by atoms with Crippen LogP contribution in [0.15, 0.2) is 65.1 Å². The number of rotatable bonds is 6. The first kappa shape index (κ1) is 21.8. The normalized spacial score (nSPS) is 16.0. The smallest absolute Gasteiger partial charge is 0.284 e. The van der Waals surface area contributed by atoms with Gasteiger partial charge in [-0.15, -0.1) is 11.3 Å². The fraction of sp³-hybridized carbons (Fsp3) is 0.182. The van der Waals surface area contributed by atoms with Crippen LogP contribution in [0.2, 0.25) is 0 Å². The number of para-hydroxylation sites is 1. The van der Waals surface area contributed by atoms with Crippen LogP contribution in [0.4, 0.5) is 5.69 Å². The van der Waals surface area contributed by atoms with E-state index < -0.39 is 16.1 Å². The van der Waals surface area contributed by atoms with Crippen LogP contribution in [0, 0.1) is 0 Å². The number of carbonyl (C=O) groups is 1. The molecule has 1 amide bonds. The molecule has 3 aromatic rings. The summed E-state index contributed by atoms with van der Waals surface area (Å²) in [5.74, 6) is -0.0284. The number of amides is 1. The van der Waals surface area contributed by atoms with Crippen LogP contribution in [0.25, 0.3) is 0 Å². The number of nitrogens with one attached hydrogen (secondary N) is 1. The first-order chi connectivity index (χ1) is 15.3. The van der Waals surface area contributed by atoms with Crippen LogP contribution >= 0.6 is 11.3 Å². The number of sulfonamides is 1. The van der Waals surface area contributed by atoms with Gasteiger partial charge >= 0.3 is 0 Å². The van der Waals surface area contributed by atoms with E-state index in [4.69, 9.17) is 4.74 Å². The highest BCUT2D eigenvalue weighted by Gasteiger charge is 2.36. The van der Waals surface area contributed by atoms with E-state index in [9.17, 15) is 18.3 Å². The number of anilines is 1. The zero-order valence-electron chi connectivity index (χ0n) is 17.3. The molecule has 0 fully saturated rings. The lowest BCUT2D eigenvalue weighted by atomic mass is 9.97. The topological polar surface area (TPSA) is 108 Å². The van der Waals surface area contributed by atoms with Crippen molar-refractivity contribution in [3.05, 3.63) is 76.0 Å². The number of methoxy groups -OCH3 is 1. The van der Waals surface area contributed by atoms with E-state index in [-0.39, 0.29) is 11.7 Å². The van der Waals surface area contributed by atoms with Gasteiger partial charge in [-0.25, -0.2) is 13.4 Å². The molecule has 0 saturated carbocycles. The van der Waals surface area contributed by atoms with Crippen molar-refractivity contribution < 1.29 is 23.1 Å². The van der Waals surface area contributed by atoms with Gasteiger partial charge in [0.1, 0.15) is 0 Å². The van der Waals surface area contributed by atoms with E-state index in [2.05, 4.69) is 9.82 Å². The third kappa shape index (κ3) is 4.46. The summed E-state index contributed by atoms with van der Waals surface area (Å²) >= 11 is 1.31. The van der Waals surface area contributed by atoms with Gasteiger partial charge in [-0.3, -0.25) is 9.52 Å². The molecule has 0 spiro atoms. The minimum atomic E-state index is -3.44. The molecule has 1 aromatic heterocycles. The summed E-state index contributed by atoms with van der Waals surface area (Å²) < 4.78 is 30.9. The number of hydrogen-bond acceptors (Lipinski definition) is 7. The Kier molecular flexibility index (Phi) is 5.90. The molecule has 10 heteroatoms. The molecule has 1 aliphatic heterocycles. The van der Waals surface area contributed by atoms with Crippen molar-refractivity contribution in [2.24, 2.45) is 5.10 Å². The lowest BCUT2D eigenvalue weighted by molar-refractivity contribution is 0.0714. The summed E-state index contributed by atoms with van der Waals surface area (Å²) in [4.78, 5) is 13.7. The average molecular weight is 472 g/mol. The zero-order chi connectivity index (χ0) is 22.9. The second-order valence-corrected chi connectivity index (χ2v) is 9.94. The highest BCUT2D eigenvalue weighted by molar-refractivity contribution is 7.92. The number of ether oxygens (including phenoxy) is 1. The number of phenols is 1. The first-order valence-corrected chi connectivity index (χ1v) is 12.4. The number of aromatic hydroxyl groups is 1. The first-order valence-electron chi connectivity index (χ1n) is 9.65. The zero-order valence-corrected chi connectivity index (χ0v) is 19.0. The maximum atomic E-state index is 13.2. The minimum Gasteiger partial charge on any atom is -0.504 e. The molecule has 2 aromatic carbocycles. The lowest BCUT2D eigenvalue weighted by Gasteiger charge is -2.22. The summed E-state index contributed by atoms with van der Waals surface area (Å²) in [6.07, 6.45) is 1.41. The maximum absolute atomic E-state index is 13.2. The molecule has 1 aliphatic rings. The van der Waals surface area contributed by atoms with E-state index in [0.717, 1.165) is 6.26 Å². The minimum absolute atomic E-state index is 0.0482. The van der Waals surface area contributed by atoms with E-state index in [0.29, 0.717) is 39.6 Å². The molecule has 1 unspecified atom stereocenters. The highest BCUT2D eigenvalue weighted by atomic mass is 32.2. The Morgan fingerprint density at radius 2 is 2.00 bits per heavy atom. The van der Waals surface area contributed by atoms with Crippen molar-refractivity contribution in [2.45, 2.75) is 12.5 Å². The van der Waals surface area contributed by atoms with Crippen molar-refractivity contribution >= 4 is 38.7 Å². The summed E-state index contributed by atoms with van der Waals surface area (Å²) in [6, 6.07) is 14.9. The summed E-state index contributed by atoms with van der Waals surface area (Å²) in [7, 11) is -1.98. The third-order valence-corrected chi connectivity index (χ3v) is 6.42. The fourth-order valence-corrected chi connectivity index (χ4v) is 4.79. The van der Waals surface area contributed by atoms with Gasteiger partial charge in [0.25, 0.3) is 5.91 Å². The van der Waals surface area contributed by atoms with Crippen LogP contribution in [-0.2, 0) is 10.0 Å². The van der Waals surface area contributed by atoms with Gasteiger partial charge < -0.3 is 9.84 Å². The number of nitrogens with zero attached hydrogens (tertiary/aromatic N) is 2. The van der Waals surface area contributed by atoms with E-state index >= 15 is 0 Å². The van der Waals surface area contributed by atoms with Gasteiger partial charge in [0.05, 0.1) is 30.0 Å². The van der Waals surface area contributed by atoms with Crippen molar-refractivity contribution in [1.82, 2.24) is 5.01 Å². The monoisotopic (exact) mass is 471 g/mol. The molecule has 2 N–H and O–H groups in total. The van der Waals surface area contributed by atoms with Crippen molar-refractivity contribution in [2.75, 3.05) is 18.1 Å². The Morgan fingerprint density at radius 1 is 1.22 bits per heavy atom. The second kappa shape index (κ2) is 8.64. The molecule has 1 atom stereocenters. The quantitative estimate of drug-likeness (QED) is 0.568. The number of carbonyl (C=O) groups excluding carboxylic acids is 1. The summed E-state index contributed by atoms with van der Waals surface area (Å²) in [5.41, 5.74) is 2.18. The largest absolute Gasteiger partial charge is 0.504 e. The Balaban J connectivity index is 1.75. The molecule has 2 heterocycles. The number of hydrogen-bond donors (Lipinski definition) is 2. The van der Waals surface area contributed by atoms with Gasteiger partial charge in [0.15, 0.2) is 11.5 Å². The van der Waals surface area contributed by atoms with Gasteiger partial charge in [-0.1, -0.05) is 30.3 Å². The van der Waals surface area contributed by atoms with Crippen molar-refractivity contribution in [3.63, 3.8) is 0 Å². The molecule has 8 nitrogen and oxygen atoms in total. The van der Waals surface area contributed by atoms with Gasteiger partial charge in [-0.05, 0) is 35.2 Å². The molecular weight excluding hydrogens is 450 g/mol. The summed E-state index contributed by atoms with van der Waals surface area (Å²) in [6.45, 7) is 0. The van der Waals surface area contributed by atoms with E-state index in [1.165, 1.54) is 23.5 Å². The summed E-state index contributed by atoms with van der Waals surface area (Å²) in [5, 5.41) is 18.5. The number of phenolic OH excluding ortho intramolecular Hbond substituents is 1. The van der Waals surface area contributed by atoms with Crippen LogP contribution < -0.4 is 9.46 Å². The molecule has 0 bridgehead atoms. The molecule has 0 radical (unpaired) electrons. The Labute approximate surface area is 189 Å². The van der Waals surface area contributed by atoms with Crippen LogP contribution in [0.3, 0.4) is 0 Å². The standard InChI is InChI=1S/C22H21N3O5S2/c1-30-19-9-4-8-16(21(19)26)18-13-17(23-25(18)22(27)20-10-5-11-31-20)14-6-3-7-15(12-14)24-32(2,28)29/h3-12,18,24,26H,13H2,1-2H3. The van der Waals surface area contributed by atoms with Crippen LogP contribution in [0.5, 0.6) is 11.5 Å². The third-order valence-electron chi connectivity index (χ3n) is 4.96. The Hall–Kier alpha value is -3.37. The molecule has 32 heavy (non-hydrogen) atoms. The van der Waals surface area contributed by atoms with Crippen LogP contribution in [-0.4, -0.2) is 43.5 Å². The predicted molar refractivity (Wildman–Crippen MR) is 124 cm³/mol. The van der Waals surface area contributed by atoms with Crippen LogP contribution in [0.1, 0.15) is 33.3 Å². The maximum Gasteiger partial charge on any atom is 0.284 e. The van der Waals surface area contributed by atoms with Crippen molar-refractivity contribution in [3.8, 4) is 11.5 Å². The fourth-order valence-electron chi connectivity index (χ4n) is 3.58. The molecule has 0 aliphatic carbocycles. The van der Waals surface area contributed by atoms with Gasteiger partial charge in [0.2, 0.25) is 10.0 Å². The predicted octanol–water partition coefficient (Wildman–Crippen LogP) is 3.83. The molecule has 4 rings (SSSR count). The molecule has 0 saturated heterocycles. The van der Waals surface area contributed by atoms with Crippen molar-refractivity contribution in [1.29, 1.82) is 0 Å².